The maximum Gasteiger partial charge on any atom is 0.252 e. The highest BCUT2D eigenvalue weighted by molar-refractivity contribution is 6.18. The molecule has 0 aliphatic carbocycles. The molecule has 0 atom stereocenters. The van der Waals surface area contributed by atoms with Gasteiger partial charge in [-0.2, -0.15) is 0 Å². The van der Waals surface area contributed by atoms with Crippen molar-refractivity contribution < 1.29 is 4.79 Å². The summed E-state index contributed by atoms with van der Waals surface area (Å²) in [7, 11) is 0. The van der Waals surface area contributed by atoms with Gasteiger partial charge in [-0.25, -0.2) is 0 Å². The second-order valence-corrected chi connectivity index (χ2v) is 5.30. The van der Waals surface area contributed by atoms with E-state index in [1.54, 1.807) is 0 Å². The van der Waals surface area contributed by atoms with Gasteiger partial charge in [0.05, 0.1) is 5.56 Å². The van der Waals surface area contributed by atoms with Crippen molar-refractivity contribution in [3.63, 3.8) is 0 Å². The molecule has 0 aromatic heterocycles. The van der Waals surface area contributed by atoms with E-state index < -0.39 is 0 Å². The van der Waals surface area contributed by atoms with E-state index in [1.165, 1.54) is 0 Å². The molecule has 0 saturated carbocycles. The number of carbonyl (C=O) groups is 1. The number of benzene rings is 3. The van der Waals surface area contributed by atoms with Crippen LogP contribution in [0.15, 0.2) is 54.6 Å². The van der Waals surface area contributed by atoms with Crippen LogP contribution in [-0.4, -0.2) is 12.5 Å². The predicted octanol–water partition coefficient (Wildman–Crippen LogP) is 4.52. The maximum atomic E-state index is 12.6. The summed E-state index contributed by atoms with van der Waals surface area (Å²) in [5, 5.41) is 7.30. The van der Waals surface area contributed by atoms with Gasteiger partial charge in [0, 0.05) is 6.54 Å². The van der Waals surface area contributed by atoms with Crippen molar-refractivity contribution in [3.05, 3.63) is 60.2 Å². The monoisotopic (exact) mass is 277 g/mol. The molecule has 2 nitrogen and oxygen atoms in total. The highest BCUT2D eigenvalue weighted by Crippen LogP contribution is 2.28. The van der Waals surface area contributed by atoms with Crippen LogP contribution in [0.5, 0.6) is 0 Å². The molecule has 0 bridgehead atoms. The van der Waals surface area contributed by atoms with Gasteiger partial charge in [0.15, 0.2) is 0 Å². The van der Waals surface area contributed by atoms with Crippen molar-refractivity contribution in [3.8, 4) is 0 Å². The summed E-state index contributed by atoms with van der Waals surface area (Å²) in [6.07, 6.45) is 2.09. The molecule has 0 spiro atoms. The number of rotatable bonds is 4. The number of unbranched alkanes of at least 4 members (excludes halogenated alkanes) is 1. The zero-order chi connectivity index (χ0) is 14.7. The van der Waals surface area contributed by atoms with Crippen LogP contribution in [0.25, 0.3) is 21.5 Å². The second kappa shape index (κ2) is 5.96. The molecule has 3 rings (SSSR count). The summed E-state index contributed by atoms with van der Waals surface area (Å²) in [5.74, 6) is 0.0245. The highest BCUT2D eigenvalue weighted by atomic mass is 16.1. The fourth-order valence-electron chi connectivity index (χ4n) is 2.73. The zero-order valence-electron chi connectivity index (χ0n) is 12.2. The average Bonchev–Trinajstić information content (AvgIpc) is 2.52. The third kappa shape index (κ3) is 2.62. The van der Waals surface area contributed by atoms with E-state index >= 15 is 0 Å². The molecule has 2 heteroatoms. The molecular formula is C19H19NO. The normalized spacial score (nSPS) is 10.9. The molecule has 3 aromatic rings. The van der Waals surface area contributed by atoms with Crippen molar-refractivity contribution in [1.29, 1.82) is 0 Å². The van der Waals surface area contributed by atoms with E-state index in [1.807, 2.05) is 36.4 Å². The number of nitrogens with one attached hydrogen (secondary N) is 1. The Morgan fingerprint density at radius 2 is 1.52 bits per heavy atom. The molecule has 1 amide bonds. The fourth-order valence-corrected chi connectivity index (χ4v) is 2.73. The molecule has 0 fully saturated rings. The Morgan fingerprint density at radius 3 is 2.10 bits per heavy atom. The lowest BCUT2D eigenvalue weighted by Gasteiger charge is -2.11. The Kier molecular flexibility index (Phi) is 3.87. The lowest BCUT2D eigenvalue weighted by molar-refractivity contribution is 0.0956. The SMILES string of the molecule is CCCCNC(=O)c1c2ccccc2cc2ccccc12. The molecule has 21 heavy (non-hydrogen) atoms. The molecule has 0 unspecified atom stereocenters. The molecule has 1 N–H and O–H groups in total. The lowest BCUT2D eigenvalue weighted by Crippen LogP contribution is -2.24. The minimum atomic E-state index is 0.0245. The minimum absolute atomic E-state index is 0.0245. The Bertz CT molecular complexity index is 738. The summed E-state index contributed by atoms with van der Waals surface area (Å²) in [4.78, 5) is 12.6. The first-order chi connectivity index (χ1) is 10.3. The summed E-state index contributed by atoms with van der Waals surface area (Å²) < 4.78 is 0. The van der Waals surface area contributed by atoms with Gasteiger partial charge in [0.1, 0.15) is 0 Å². The standard InChI is InChI=1S/C19H19NO/c1-2-3-12-20-19(21)18-16-10-6-4-8-14(16)13-15-9-5-7-11-17(15)18/h4-11,13H,2-3,12H2,1H3,(H,20,21). The van der Waals surface area contributed by atoms with Crippen LogP contribution in [0.2, 0.25) is 0 Å². The van der Waals surface area contributed by atoms with Crippen LogP contribution in [0.4, 0.5) is 0 Å². The Labute approximate surface area is 124 Å². The number of fused-ring (bicyclic) bond motifs is 2. The largest absolute Gasteiger partial charge is 0.352 e. The van der Waals surface area contributed by atoms with Gasteiger partial charge in [0.25, 0.3) is 5.91 Å². The quantitative estimate of drug-likeness (QED) is 0.551. The van der Waals surface area contributed by atoms with Crippen LogP contribution in [0.1, 0.15) is 30.1 Å². The summed E-state index contributed by atoms with van der Waals surface area (Å²) in [6, 6.07) is 18.3. The van der Waals surface area contributed by atoms with E-state index in [-0.39, 0.29) is 5.91 Å². The smallest absolute Gasteiger partial charge is 0.252 e. The third-order valence-electron chi connectivity index (χ3n) is 3.81. The van der Waals surface area contributed by atoms with Gasteiger partial charge >= 0.3 is 0 Å². The van der Waals surface area contributed by atoms with E-state index in [0.29, 0.717) is 0 Å². The van der Waals surface area contributed by atoms with Gasteiger partial charge < -0.3 is 5.32 Å². The predicted molar refractivity (Wildman–Crippen MR) is 88.7 cm³/mol. The summed E-state index contributed by atoms with van der Waals surface area (Å²) in [6.45, 7) is 2.85. The Balaban J connectivity index is 2.18. The van der Waals surface area contributed by atoms with E-state index in [2.05, 4.69) is 30.4 Å². The van der Waals surface area contributed by atoms with Crippen molar-refractivity contribution in [2.24, 2.45) is 0 Å². The number of carbonyl (C=O) groups excluding carboxylic acids is 1. The molecule has 3 aromatic carbocycles. The van der Waals surface area contributed by atoms with Crippen molar-refractivity contribution in [2.75, 3.05) is 6.54 Å². The van der Waals surface area contributed by atoms with E-state index in [9.17, 15) is 4.79 Å². The average molecular weight is 277 g/mol. The van der Waals surface area contributed by atoms with Gasteiger partial charge in [-0.15, -0.1) is 0 Å². The number of amides is 1. The van der Waals surface area contributed by atoms with Gasteiger partial charge in [0.2, 0.25) is 0 Å². The minimum Gasteiger partial charge on any atom is -0.352 e. The third-order valence-corrected chi connectivity index (χ3v) is 3.81. The summed E-state index contributed by atoms with van der Waals surface area (Å²) >= 11 is 0. The molecule has 0 heterocycles. The molecular weight excluding hydrogens is 258 g/mol. The lowest BCUT2D eigenvalue weighted by atomic mass is 9.96. The molecule has 0 radical (unpaired) electrons. The fraction of sp³-hybridized carbons (Fsp3) is 0.211. The van der Waals surface area contributed by atoms with Crippen LogP contribution in [-0.2, 0) is 0 Å². The first-order valence-corrected chi connectivity index (χ1v) is 7.50. The van der Waals surface area contributed by atoms with Crippen molar-refractivity contribution in [2.45, 2.75) is 19.8 Å². The van der Waals surface area contributed by atoms with Crippen molar-refractivity contribution >= 4 is 27.5 Å². The number of hydrogen-bond donors (Lipinski definition) is 1. The van der Waals surface area contributed by atoms with E-state index in [0.717, 1.165) is 46.5 Å². The molecule has 106 valence electrons. The van der Waals surface area contributed by atoms with Gasteiger partial charge in [-0.05, 0) is 34.0 Å². The maximum absolute atomic E-state index is 12.6. The first-order valence-electron chi connectivity index (χ1n) is 7.50. The second-order valence-electron chi connectivity index (χ2n) is 5.30. The Hall–Kier alpha value is -2.35. The van der Waals surface area contributed by atoms with Crippen LogP contribution in [0, 0.1) is 0 Å². The topological polar surface area (TPSA) is 29.1 Å². The van der Waals surface area contributed by atoms with Gasteiger partial charge in [-0.3, -0.25) is 4.79 Å². The van der Waals surface area contributed by atoms with Crippen LogP contribution in [0.3, 0.4) is 0 Å². The van der Waals surface area contributed by atoms with E-state index in [4.69, 9.17) is 0 Å². The van der Waals surface area contributed by atoms with Crippen LogP contribution < -0.4 is 5.32 Å². The molecule has 0 aliphatic rings. The van der Waals surface area contributed by atoms with Crippen LogP contribution >= 0.6 is 0 Å². The summed E-state index contributed by atoms with van der Waals surface area (Å²) in [5.41, 5.74) is 0.791. The molecule has 0 aliphatic heterocycles. The highest BCUT2D eigenvalue weighted by Gasteiger charge is 2.13. The first kappa shape index (κ1) is 13.6. The Morgan fingerprint density at radius 1 is 0.952 bits per heavy atom. The zero-order valence-corrected chi connectivity index (χ0v) is 12.2. The molecule has 0 saturated heterocycles. The number of hydrogen-bond acceptors (Lipinski definition) is 1. The van der Waals surface area contributed by atoms with Crippen molar-refractivity contribution in [1.82, 2.24) is 5.32 Å². The van der Waals surface area contributed by atoms with Gasteiger partial charge in [-0.1, -0.05) is 61.9 Å².